The lowest BCUT2D eigenvalue weighted by Crippen LogP contribution is -2.38. The predicted octanol–water partition coefficient (Wildman–Crippen LogP) is 2.31. The number of carbonyl (C=O) groups is 1. The average Bonchev–Trinajstić information content (AvgIpc) is 2.43. The minimum absolute atomic E-state index is 0.00172. The van der Waals surface area contributed by atoms with Crippen molar-refractivity contribution in [1.29, 1.82) is 0 Å². The molecule has 2 N–H and O–H groups in total. The van der Waals surface area contributed by atoms with Crippen LogP contribution >= 0.6 is 0 Å². The number of fused-ring (bicyclic) bond motifs is 1. The Morgan fingerprint density at radius 3 is 2.95 bits per heavy atom. The van der Waals surface area contributed by atoms with Crippen LogP contribution in [0.4, 0.5) is 15.8 Å². The summed E-state index contributed by atoms with van der Waals surface area (Å²) < 4.78 is 13.5. The summed E-state index contributed by atoms with van der Waals surface area (Å²) in [6.45, 7) is 2.44. The SMILES string of the molecule is Cc1ccncc1N1CCc2cc(F)c(N)cc2C1=O. The molecular weight excluding hydrogens is 257 g/mol. The molecule has 1 aromatic carbocycles. The third kappa shape index (κ3) is 1.91. The summed E-state index contributed by atoms with van der Waals surface area (Å²) in [7, 11) is 0. The van der Waals surface area contributed by atoms with E-state index >= 15 is 0 Å². The van der Waals surface area contributed by atoms with E-state index < -0.39 is 5.82 Å². The molecule has 4 nitrogen and oxygen atoms in total. The van der Waals surface area contributed by atoms with Gasteiger partial charge in [0.25, 0.3) is 5.91 Å². The molecule has 0 saturated heterocycles. The molecule has 1 aliphatic heterocycles. The number of benzene rings is 1. The minimum Gasteiger partial charge on any atom is -0.396 e. The summed E-state index contributed by atoms with van der Waals surface area (Å²) in [5.41, 5.74) is 8.50. The van der Waals surface area contributed by atoms with Crippen molar-refractivity contribution in [3.63, 3.8) is 0 Å². The van der Waals surface area contributed by atoms with E-state index in [4.69, 9.17) is 5.73 Å². The van der Waals surface area contributed by atoms with Gasteiger partial charge < -0.3 is 10.6 Å². The van der Waals surface area contributed by atoms with Crippen LogP contribution in [0.25, 0.3) is 0 Å². The molecule has 1 aromatic heterocycles. The number of rotatable bonds is 1. The molecule has 102 valence electrons. The van der Waals surface area contributed by atoms with Crippen LogP contribution < -0.4 is 10.6 Å². The molecule has 3 rings (SSSR count). The van der Waals surface area contributed by atoms with Gasteiger partial charge in [-0.1, -0.05) is 0 Å². The largest absolute Gasteiger partial charge is 0.396 e. The fraction of sp³-hybridized carbons (Fsp3) is 0.200. The van der Waals surface area contributed by atoms with Crippen molar-refractivity contribution in [3.8, 4) is 0 Å². The lowest BCUT2D eigenvalue weighted by molar-refractivity contribution is 0.0980. The molecule has 0 spiro atoms. The van der Waals surface area contributed by atoms with Crippen LogP contribution in [-0.4, -0.2) is 17.4 Å². The number of carbonyl (C=O) groups excluding carboxylic acids is 1. The molecule has 2 aromatic rings. The number of amides is 1. The quantitative estimate of drug-likeness (QED) is 0.810. The highest BCUT2D eigenvalue weighted by Crippen LogP contribution is 2.28. The fourth-order valence-corrected chi connectivity index (χ4v) is 2.48. The van der Waals surface area contributed by atoms with Crippen molar-refractivity contribution in [2.24, 2.45) is 0 Å². The third-order valence-corrected chi connectivity index (χ3v) is 3.61. The van der Waals surface area contributed by atoms with Crippen LogP contribution in [0.3, 0.4) is 0 Å². The number of hydrogen-bond acceptors (Lipinski definition) is 3. The predicted molar refractivity (Wildman–Crippen MR) is 75.2 cm³/mol. The average molecular weight is 271 g/mol. The van der Waals surface area contributed by atoms with E-state index in [-0.39, 0.29) is 11.6 Å². The van der Waals surface area contributed by atoms with E-state index in [1.165, 1.54) is 12.1 Å². The van der Waals surface area contributed by atoms with Gasteiger partial charge in [-0.05, 0) is 42.7 Å². The van der Waals surface area contributed by atoms with E-state index in [1.54, 1.807) is 17.3 Å². The summed E-state index contributed by atoms with van der Waals surface area (Å²) in [4.78, 5) is 18.3. The first-order valence-electron chi connectivity index (χ1n) is 6.38. The van der Waals surface area contributed by atoms with Crippen LogP contribution in [0.15, 0.2) is 30.6 Å². The monoisotopic (exact) mass is 271 g/mol. The maximum Gasteiger partial charge on any atom is 0.258 e. The van der Waals surface area contributed by atoms with Crippen molar-refractivity contribution in [3.05, 3.63) is 53.1 Å². The molecule has 0 saturated carbocycles. The first-order chi connectivity index (χ1) is 9.58. The second kappa shape index (κ2) is 4.59. The fourth-order valence-electron chi connectivity index (χ4n) is 2.48. The van der Waals surface area contributed by atoms with Crippen molar-refractivity contribution in [2.45, 2.75) is 13.3 Å². The molecule has 0 aliphatic carbocycles. The first-order valence-corrected chi connectivity index (χ1v) is 6.38. The van der Waals surface area contributed by atoms with E-state index in [9.17, 15) is 9.18 Å². The van der Waals surface area contributed by atoms with Crippen LogP contribution in [-0.2, 0) is 6.42 Å². The van der Waals surface area contributed by atoms with Gasteiger partial charge >= 0.3 is 0 Å². The van der Waals surface area contributed by atoms with E-state index in [0.29, 0.717) is 24.1 Å². The lowest BCUT2D eigenvalue weighted by atomic mass is 9.97. The number of hydrogen-bond donors (Lipinski definition) is 1. The summed E-state index contributed by atoms with van der Waals surface area (Å²) in [6.07, 6.45) is 3.96. The molecule has 1 amide bonds. The van der Waals surface area contributed by atoms with Gasteiger partial charge in [-0.25, -0.2) is 4.39 Å². The Morgan fingerprint density at radius 1 is 1.40 bits per heavy atom. The van der Waals surface area contributed by atoms with Gasteiger partial charge in [0.2, 0.25) is 0 Å². The Kier molecular flexibility index (Phi) is 2.89. The maximum absolute atomic E-state index is 13.5. The van der Waals surface area contributed by atoms with Gasteiger partial charge in [0, 0.05) is 18.3 Å². The standard InChI is InChI=1S/C15H14FN3O/c1-9-2-4-18-8-14(9)19-5-3-10-6-12(16)13(17)7-11(10)15(19)20/h2,4,6-8H,3,5,17H2,1H3. The Balaban J connectivity index is 2.05. The zero-order chi connectivity index (χ0) is 14.3. The smallest absolute Gasteiger partial charge is 0.258 e. The highest BCUT2D eigenvalue weighted by atomic mass is 19.1. The summed E-state index contributed by atoms with van der Waals surface area (Å²) >= 11 is 0. The topological polar surface area (TPSA) is 59.2 Å². The van der Waals surface area contributed by atoms with E-state index in [2.05, 4.69) is 4.98 Å². The van der Waals surface area contributed by atoms with Crippen molar-refractivity contribution in [2.75, 3.05) is 17.2 Å². The van der Waals surface area contributed by atoms with E-state index in [0.717, 1.165) is 11.3 Å². The van der Waals surface area contributed by atoms with Crippen LogP contribution in [0.1, 0.15) is 21.5 Å². The molecule has 20 heavy (non-hydrogen) atoms. The van der Waals surface area contributed by atoms with Crippen LogP contribution in [0.2, 0.25) is 0 Å². The number of nitrogens with zero attached hydrogens (tertiary/aromatic N) is 2. The highest BCUT2D eigenvalue weighted by Gasteiger charge is 2.27. The Labute approximate surface area is 116 Å². The van der Waals surface area contributed by atoms with Crippen molar-refractivity contribution in [1.82, 2.24) is 4.98 Å². The summed E-state index contributed by atoms with van der Waals surface area (Å²) in [5, 5.41) is 0. The van der Waals surface area contributed by atoms with Gasteiger partial charge in [0.15, 0.2) is 0 Å². The second-order valence-corrected chi connectivity index (χ2v) is 4.90. The van der Waals surface area contributed by atoms with Gasteiger partial charge in [-0.15, -0.1) is 0 Å². The Hall–Kier alpha value is -2.43. The van der Waals surface area contributed by atoms with Crippen LogP contribution in [0.5, 0.6) is 0 Å². The Morgan fingerprint density at radius 2 is 2.20 bits per heavy atom. The molecule has 1 aliphatic rings. The second-order valence-electron chi connectivity index (χ2n) is 4.90. The zero-order valence-electron chi connectivity index (χ0n) is 11.1. The van der Waals surface area contributed by atoms with Gasteiger partial charge in [-0.2, -0.15) is 0 Å². The Bertz CT molecular complexity index is 700. The molecule has 0 fully saturated rings. The number of nitrogen functional groups attached to an aromatic ring is 1. The third-order valence-electron chi connectivity index (χ3n) is 3.61. The maximum atomic E-state index is 13.5. The number of pyridine rings is 1. The van der Waals surface area contributed by atoms with Crippen molar-refractivity contribution < 1.29 is 9.18 Å². The molecule has 0 atom stereocenters. The molecule has 0 bridgehead atoms. The molecule has 0 radical (unpaired) electrons. The number of anilines is 2. The summed E-state index contributed by atoms with van der Waals surface area (Å²) in [5.74, 6) is -0.628. The summed E-state index contributed by atoms with van der Waals surface area (Å²) in [6, 6.07) is 4.64. The highest BCUT2D eigenvalue weighted by molar-refractivity contribution is 6.08. The van der Waals surface area contributed by atoms with Crippen LogP contribution in [0, 0.1) is 12.7 Å². The zero-order valence-corrected chi connectivity index (χ0v) is 11.1. The number of halogens is 1. The first kappa shape index (κ1) is 12.6. The molecule has 2 heterocycles. The normalized spacial score (nSPS) is 14.3. The number of aryl methyl sites for hydroxylation is 1. The lowest BCUT2D eigenvalue weighted by Gasteiger charge is -2.29. The van der Waals surface area contributed by atoms with Gasteiger partial charge in [0.1, 0.15) is 5.82 Å². The number of nitrogens with two attached hydrogens (primary N) is 1. The molecule has 0 unspecified atom stereocenters. The number of aromatic nitrogens is 1. The van der Waals surface area contributed by atoms with Crippen molar-refractivity contribution >= 4 is 17.3 Å². The minimum atomic E-state index is -0.470. The van der Waals surface area contributed by atoms with Gasteiger partial charge in [0.05, 0.1) is 17.6 Å². The molecule has 5 heteroatoms. The van der Waals surface area contributed by atoms with Gasteiger partial charge in [-0.3, -0.25) is 9.78 Å². The molecular formula is C15H14FN3O. The van der Waals surface area contributed by atoms with E-state index in [1.807, 2.05) is 13.0 Å².